The third-order valence-electron chi connectivity index (χ3n) is 2.65. The van der Waals surface area contributed by atoms with Crippen LogP contribution in [-0.2, 0) is 4.79 Å². The lowest BCUT2D eigenvalue weighted by Gasteiger charge is -2.17. The summed E-state index contributed by atoms with van der Waals surface area (Å²) >= 11 is 3.32. The van der Waals surface area contributed by atoms with Crippen molar-refractivity contribution in [3.8, 4) is 5.75 Å². The standard InChI is InChI=1S/C13H19BrN2O2/c1-8(2)9(3)16-13(17)7-18-12-5-10(14)4-11(15)6-12/h4-6,8-9H,7,15H2,1-3H3,(H,16,17). The van der Waals surface area contributed by atoms with Gasteiger partial charge in [0.05, 0.1) is 0 Å². The summed E-state index contributed by atoms with van der Waals surface area (Å²) < 4.78 is 6.22. The molecule has 0 aliphatic rings. The van der Waals surface area contributed by atoms with Gasteiger partial charge in [-0.2, -0.15) is 0 Å². The van der Waals surface area contributed by atoms with Gasteiger partial charge in [0.1, 0.15) is 5.75 Å². The van der Waals surface area contributed by atoms with Crippen molar-refractivity contribution < 1.29 is 9.53 Å². The first-order chi connectivity index (χ1) is 8.38. The van der Waals surface area contributed by atoms with Gasteiger partial charge in [-0.25, -0.2) is 0 Å². The van der Waals surface area contributed by atoms with Crippen LogP contribution in [0.4, 0.5) is 5.69 Å². The number of carbonyl (C=O) groups is 1. The molecule has 1 aromatic rings. The number of amides is 1. The normalized spacial score (nSPS) is 12.3. The number of halogens is 1. The molecule has 4 nitrogen and oxygen atoms in total. The molecule has 1 aromatic carbocycles. The van der Waals surface area contributed by atoms with Crippen LogP contribution in [0, 0.1) is 5.92 Å². The summed E-state index contributed by atoms with van der Waals surface area (Å²) in [4.78, 5) is 11.6. The maximum atomic E-state index is 11.6. The van der Waals surface area contributed by atoms with Gasteiger partial charge in [0.2, 0.25) is 0 Å². The molecule has 0 aliphatic carbocycles. The maximum Gasteiger partial charge on any atom is 0.258 e. The van der Waals surface area contributed by atoms with E-state index in [4.69, 9.17) is 10.5 Å². The number of hydrogen-bond acceptors (Lipinski definition) is 3. The van der Waals surface area contributed by atoms with E-state index in [1.165, 1.54) is 0 Å². The molecule has 3 N–H and O–H groups in total. The Morgan fingerprint density at radius 1 is 1.39 bits per heavy atom. The Labute approximate surface area is 116 Å². The lowest BCUT2D eigenvalue weighted by Crippen LogP contribution is -2.38. The molecule has 1 rings (SSSR count). The van der Waals surface area contributed by atoms with Gasteiger partial charge in [-0.3, -0.25) is 4.79 Å². The van der Waals surface area contributed by atoms with Gasteiger partial charge in [0, 0.05) is 22.3 Å². The number of benzene rings is 1. The second-order valence-corrected chi connectivity index (χ2v) is 5.52. The van der Waals surface area contributed by atoms with E-state index < -0.39 is 0 Å². The van der Waals surface area contributed by atoms with Gasteiger partial charge >= 0.3 is 0 Å². The Balaban J connectivity index is 2.47. The largest absolute Gasteiger partial charge is 0.484 e. The summed E-state index contributed by atoms with van der Waals surface area (Å²) in [6.45, 7) is 6.08. The lowest BCUT2D eigenvalue weighted by atomic mass is 10.1. The molecule has 0 fully saturated rings. The fraction of sp³-hybridized carbons (Fsp3) is 0.462. The molecule has 0 saturated heterocycles. The zero-order valence-corrected chi connectivity index (χ0v) is 12.5. The SMILES string of the molecule is CC(C)C(C)NC(=O)COc1cc(N)cc(Br)c1. The maximum absolute atomic E-state index is 11.6. The lowest BCUT2D eigenvalue weighted by molar-refractivity contribution is -0.124. The van der Waals surface area contributed by atoms with Crippen molar-refractivity contribution in [2.75, 3.05) is 12.3 Å². The van der Waals surface area contributed by atoms with Crippen LogP contribution < -0.4 is 15.8 Å². The molecule has 100 valence electrons. The predicted molar refractivity (Wildman–Crippen MR) is 76.5 cm³/mol. The first-order valence-electron chi connectivity index (χ1n) is 5.86. The van der Waals surface area contributed by atoms with E-state index in [1.807, 2.05) is 6.92 Å². The monoisotopic (exact) mass is 314 g/mol. The topological polar surface area (TPSA) is 64.3 Å². The number of carbonyl (C=O) groups excluding carboxylic acids is 1. The van der Waals surface area contributed by atoms with Crippen LogP contribution in [0.25, 0.3) is 0 Å². The average molecular weight is 315 g/mol. The van der Waals surface area contributed by atoms with E-state index >= 15 is 0 Å². The van der Waals surface area contributed by atoms with Gasteiger partial charge in [-0.1, -0.05) is 29.8 Å². The molecular formula is C13H19BrN2O2. The molecule has 0 saturated carbocycles. The van der Waals surface area contributed by atoms with Gasteiger partial charge in [-0.15, -0.1) is 0 Å². The highest BCUT2D eigenvalue weighted by molar-refractivity contribution is 9.10. The smallest absolute Gasteiger partial charge is 0.258 e. The van der Waals surface area contributed by atoms with Gasteiger partial charge in [0.25, 0.3) is 5.91 Å². The molecule has 1 amide bonds. The van der Waals surface area contributed by atoms with Crippen molar-refractivity contribution in [3.05, 3.63) is 22.7 Å². The molecule has 1 unspecified atom stereocenters. The summed E-state index contributed by atoms with van der Waals surface area (Å²) in [5, 5.41) is 2.87. The Bertz CT molecular complexity index is 401. The number of nitrogen functional groups attached to an aromatic ring is 1. The zero-order valence-electron chi connectivity index (χ0n) is 10.9. The summed E-state index contributed by atoms with van der Waals surface area (Å²) in [5.74, 6) is 0.847. The van der Waals surface area contributed by atoms with Crippen molar-refractivity contribution in [3.63, 3.8) is 0 Å². The second kappa shape index (κ2) is 6.64. The van der Waals surface area contributed by atoms with Crippen LogP contribution in [0.5, 0.6) is 5.75 Å². The first-order valence-corrected chi connectivity index (χ1v) is 6.66. The van der Waals surface area contributed by atoms with Crippen LogP contribution in [0.1, 0.15) is 20.8 Å². The summed E-state index contributed by atoms with van der Waals surface area (Å²) in [6.07, 6.45) is 0. The molecule has 0 aromatic heterocycles. The van der Waals surface area contributed by atoms with Crippen LogP contribution >= 0.6 is 15.9 Å². The van der Waals surface area contributed by atoms with Gasteiger partial charge in [-0.05, 0) is 25.0 Å². The predicted octanol–water partition coefficient (Wildman–Crippen LogP) is 2.57. The quantitative estimate of drug-likeness (QED) is 0.821. The highest BCUT2D eigenvalue weighted by Gasteiger charge is 2.11. The van der Waals surface area contributed by atoms with E-state index in [9.17, 15) is 4.79 Å². The minimum Gasteiger partial charge on any atom is -0.484 e. The van der Waals surface area contributed by atoms with Crippen LogP contribution in [-0.4, -0.2) is 18.6 Å². The highest BCUT2D eigenvalue weighted by atomic mass is 79.9. The molecule has 1 atom stereocenters. The van der Waals surface area contributed by atoms with Crippen molar-refractivity contribution in [2.45, 2.75) is 26.8 Å². The van der Waals surface area contributed by atoms with Crippen LogP contribution in [0.2, 0.25) is 0 Å². The fourth-order valence-corrected chi connectivity index (χ4v) is 1.77. The summed E-state index contributed by atoms with van der Waals surface area (Å²) in [6, 6.07) is 5.36. The van der Waals surface area contributed by atoms with Crippen molar-refractivity contribution in [1.82, 2.24) is 5.32 Å². The van der Waals surface area contributed by atoms with E-state index in [-0.39, 0.29) is 18.6 Å². The number of nitrogens with one attached hydrogen (secondary N) is 1. The molecule has 18 heavy (non-hydrogen) atoms. The average Bonchev–Trinajstić information content (AvgIpc) is 2.25. The second-order valence-electron chi connectivity index (χ2n) is 4.61. The number of hydrogen-bond donors (Lipinski definition) is 2. The third-order valence-corrected chi connectivity index (χ3v) is 3.11. The number of rotatable bonds is 5. The number of anilines is 1. The van der Waals surface area contributed by atoms with E-state index in [0.29, 0.717) is 17.4 Å². The molecule has 0 spiro atoms. The molecule has 5 heteroatoms. The van der Waals surface area contributed by atoms with Crippen molar-refractivity contribution >= 4 is 27.5 Å². The Morgan fingerprint density at radius 3 is 2.61 bits per heavy atom. The number of ether oxygens (including phenoxy) is 1. The zero-order chi connectivity index (χ0) is 13.7. The van der Waals surface area contributed by atoms with E-state index in [1.54, 1.807) is 18.2 Å². The van der Waals surface area contributed by atoms with Gasteiger partial charge < -0.3 is 15.8 Å². The highest BCUT2D eigenvalue weighted by Crippen LogP contribution is 2.22. The molecule has 0 heterocycles. The minimum absolute atomic E-state index is 0.00699. The third kappa shape index (κ3) is 4.96. The Hall–Kier alpha value is -1.23. The Morgan fingerprint density at radius 2 is 2.06 bits per heavy atom. The fourth-order valence-electron chi connectivity index (χ4n) is 1.28. The molecule has 0 bridgehead atoms. The molecular weight excluding hydrogens is 296 g/mol. The summed E-state index contributed by atoms with van der Waals surface area (Å²) in [7, 11) is 0. The van der Waals surface area contributed by atoms with E-state index in [0.717, 1.165) is 4.47 Å². The molecule has 0 aliphatic heterocycles. The minimum atomic E-state index is -0.130. The molecule has 0 radical (unpaired) electrons. The van der Waals surface area contributed by atoms with Crippen molar-refractivity contribution in [2.24, 2.45) is 5.92 Å². The first kappa shape index (κ1) is 14.8. The van der Waals surface area contributed by atoms with Crippen molar-refractivity contribution in [1.29, 1.82) is 0 Å². The summed E-state index contributed by atoms with van der Waals surface area (Å²) in [5.41, 5.74) is 6.27. The van der Waals surface area contributed by atoms with Gasteiger partial charge in [0.15, 0.2) is 6.61 Å². The van der Waals surface area contributed by atoms with E-state index in [2.05, 4.69) is 35.1 Å². The van der Waals surface area contributed by atoms with Crippen LogP contribution in [0.15, 0.2) is 22.7 Å². The Kier molecular flexibility index (Phi) is 5.47. The number of nitrogens with two attached hydrogens (primary N) is 1. The van der Waals surface area contributed by atoms with Crippen LogP contribution in [0.3, 0.4) is 0 Å².